The molecule has 0 aliphatic rings. The number of halogens is 3. The summed E-state index contributed by atoms with van der Waals surface area (Å²) in [4.78, 5) is 12.3. The molecule has 1 unspecified atom stereocenters. The summed E-state index contributed by atoms with van der Waals surface area (Å²) in [6.45, 7) is 5.69. The largest absolute Gasteiger partial charge is 0.573 e. The van der Waals surface area contributed by atoms with Crippen LogP contribution in [0, 0.1) is 0 Å². The quantitative estimate of drug-likeness (QED) is 0.730. The van der Waals surface area contributed by atoms with Gasteiger partial charge in [-0.05, 0) is 50.6 Å². The fourth-order valence-corrected chi connectivity index (χ4v) is 2.34. The molecule has 2 aromatic rings. The Balaban J connectivity index is 2.09. The number of carbonyl (C=O) groups is 1. The Kier molecular flexibility index (Phi) is 6.56. The maximum Gasteiger partial charge on any atom is 0.573 e. The highest BCUT2D eigenvalue weighted by Crippen LogP contribution is 2.30. The van der Waals surface area contributed by atoms with Gasteiger partial charge in [0.05, 0.1) is 5.92 Å². The van der Waals surface area contributed by atoms with Crippen LogP contribution in [-0.2, 0) is 4.79 Å². The van der Waals surface area contributed by atoms with E-state index in [1.807, 2.05) is 13.8 Å². The van der Waals surface area contributed by atoms with Crippen molar-refractivity contribution in [2.75, 3.05) is 6.54 Å². The predicted octanol–water partition coefficient (Wildman–Crippen LogP) is 4.33. The predicted molar refractivity (Wildman–Crippen MR) is 99.3 cm³/mol. The van der Waals surface area contributed by atoms with Gasteiger partial charge >= 0.3 is 6.36 Å². The van der Waals surface area contributed by atoms with Crippen molar-refractivity contribution in [3.05, 3.63) is 54.1 Å². The van der Waals surface area contributed by atoms with Gasteiger partial charge in [-0.25, -0.2) is 0 Å². The monoisotopic (exact) mass is 396 g/mol. The molecule has 2 rings (SSSR count). The SMILES string of the molecule is CC(C(=O)NCC(C)(C)N)c1cccc(Oc2cccc(OC(F)(F)F)c2)c1. The zero-order valence-corrected chi connectivity index (χ0v) is 15.8. The fraction of sp³-hybridized carbons (Fsp3) is 0.350. The fourth-order valence-electron chi connectivity index (χ4n) is 2.34. The minimum atomic E-state index is -4.78. The first kappa shape index (κ1) is 21.6. The average molecular weight is 396 g/mol. The molecule has 0 aliphatic heterocycles. The van der Waals surface area contributed by atoms with Gasteiger partial charge in [-0.2, -0.15) is 0 Å². The van der Waals surface area contributed by atoms with Crippen LogP contribution in [0.25, 0.3) is 0 Å². The van der Waals surface area contributed by atoms with E-state index in [1.165, 1.54) is 18.2 Å². The molecule has 1 amide bonds. The Morgan fingerprint density at radius 1 is 1.07 bits per heavy atom. The van der Waals surface area contributed by atoms with Crippen LogP contribution in [0.2, 0.25) is 0 Å². The number of ether oxygens (including phenoxy) is 2. The molecule has 0 aromatic heterocycles. The molecule has 0 heterocycles. The highest BCUT2D eigenvalue weighted by Gasteiger charge is 2.31. The van der Waals surface area contributed by atoms with Crippen LogP contribution in [0.1, 0.15) is 32.3 Å². The molecular formula is C20H23F3N2O3. The Morgan fingerprint density at radius 3 is 2.25 bits per heavy atom. The van der Waals surface area contributed by atoms with Crippen molar-refractivity contribution in [3.63, 3.8) is 0 Å². The first-order valence-corrected chi connectivity index (χ1v) is 8.63. The summed E-state index contributed by atoms with van der Waals surface area (Å²) in [5, 5.41) is 2.79. The van der Waals surface area contributed by atoms with Crippen LogP contribution in [-0.4, -0.2) is 24.4 Å². The van der Waals surface area contributed by atoms with Crippen LogP contribution >= 0.6 is 0 Å². The molecule has 0 bridgehead atoms. The van der Waals surface area contributed by atoms with Gasteiger partial charge in [0, 0.05) is 18.2 Å². The summed E-state index contributed by atoms with van der Waals surface area (Å²) in [5.74, 6) is -0.443. The number of rotatable bonds is 7. The second-order valence-corrected chi connectivity index (χ2v) is 7.13. The lowest BCUT2D eigenvalue weighted by Crippen LogP contribution is -2.46. The highest BCUT2D eigenvalue weighted by molar-refractivity contribution is 5.83. The summed E-state index contributed by atoms with van der Waals surface area (Å²) in [7, 11) is 0. The Morgan fingerprint density at radius 2 is 1.64 bits per heavy atom. The topological polar surface area (TPSA) is 73.6 Å². The van der Waals surface area contributed by atoms with Gasteiger partial charge in [0.25, 0.3) is 0 Å². The lowest BCUT2D eigenvalue weighted by atomic mass is 9.99. The van der Waals surface area contributed by atoms with Crippen molar-refractivity contribution in [2.24, 2.45) is 5.73 Å². The third kappa shape index (κ3) is 7.11. The number of alkyl halides is 3. The molecule has 28 heavy (non-hydrogen) atoms. The zero-order chi connectivity index (χ0) is 20.9. The van der Waals surface area contributed by atoms with Crippen molar-refractivity contribution in [3.8, 4) is 17.2 Å². The summed E-state index contributed by atoms with van der Waals surface area (Å²) in [6.07, 6.45) is -4.78. The Labute approximate surface area is 161 Å². The number of benzene rings is 2. The van der Waals surface area contributed by atoms with Gasteiger partial charge in [-0.3, -0.25) is 4.79 Å². The van der Waals surface area contributed by atoms with E-state index < -0.39 is 17.8 Å². The van der Waals surface area contributed by atoms with E-state index in [2.05, 4.69) is 10.1 Å². The first-order chi connectivity index (χ1) is 12.9. The van der Waals surface area contributed by atoms with Gasteiger partial charge in [-0.1, -0.05) is 18.2 Å². The van der Waals surface area contributed by atoms with Crippen LogP contribution in [0.3, 0.4) is 0 Å². The summed E-state index contributed by atoms with van der Waals surface area (Å²) < 4.78 is 46.5. The second kappa shape index (κ2) is 8.52. The maximum absolute atomic E-state index is 12.3. The van der Waals surface area contributed by atoms with Gasteiger partial charge in [-0.15, -0.1) is 13.2 Å². The molecule has 8 heteroatoms. The van der Waals surface area contributed by atoms with Crippen molar-refractivity contribution < 1.29 is 27.4 Å². The van der Waals surface area contributed by atoms with Crippen LogP contribution in [0.4, 0.5) is 13.2 Å². The van der Waals surface area contributed by atoms with Gasteiger partial charge in [0.1, 0.15) is 17.2 Å². The van der Waals surface area contributed by atoms with Crippen LogP contribution in [0.15, 0.2) is 48.5 Å². The molecule has 0 aliphatic carbocycles. The first-order valence-electron chi connectivity index (χ1n) is 8.63. The molecule has 2 aromatic carbocycles. The molecule has 0 saturated carbocycles. The van der Waals surface area contributed by atoms with Crippen LogP contribution in [0.5, 0.6) is 17.2 Å². The molecule has 0 saturated heterocycles. The number of amides is 1. The van der Waals surface area contributed by atoms with E-state index in [0.717, 1.165) is 6.07 Å². The molecule has 152 valence electrons. The van der Waals surface area contributed by atoms with Crippen molar-refractivity contribution >= 4 is 5.91 Å². The van der Waals surface area contributed by atoms with Crippen molar-refractivity contribution in [2.45, 2.75) is 38.6 Å². The van der Waals surface area contributed by atoms with Crippen molar-refractivity contribution in [1.82, 2.24) is 5.32 Å². The third-order valence-electron chi connectivity index (χ3n) is 3.74. The third-order valence-corrected chi connectivity index (χ3v) is 3.74. The van der Waals surface area contributed by atoms with Crippen molar-refractivity contribution in [1.29, 1.82) is 0 Å². The van der Waals surface area contributed by atoms with Gasteiger partial charge < -0.3 is 20.5 Å². The number of hydrogen-bond acceptors (Lipinski definition) is 4. The van der Waals surface area contributed by atoms with E-state index in [9.17, 15) is 18.0 Å². The van der Waals surface area contributed by atoms with Crippen LogP contribution < -0.4 is 20.5 Å². The highest BCUT2D eigenvalue weighted by atomic mass is 19.4. The van der Waals surface area contributed by atoms with E-state index in [-0.39, 0.29) is 17.4 Å². The summed E-state index contributed by atoms with van der Waals surface area (Å²) in [6, 6.07) is 12.0. The van der Waals surface area contributed by atoms with E-state index in [1.54, 1.807) is 31.2 Å². The molecule has 3 N–H and O–H groups in total. The number of nitrogens with one attached hydrogen (secondary N) is 1. The summed E-state index contributed by atoms with van der Waals surface area (Å²) >= 11 is 0. The van der Waals surface area contributed by atoms with E-state index >= 15 is 0 Å². The number of carbonyl (C=O) groups excluding carboxylic acids is 1. The standard InChI is InChI=1S/C20H23F3N2O3/c1-13(18(26)25-12-19(2,3)24)14-6-4-7-15(10-14)27-16-8-5-9-17(11-16)28-20(21,22)23/h4-11,13H,12,24H2,1-3H3,(H,25,26). The number of hydrogen-bond donors (Lipinski definition) is 2. The average Bonchev–Trinajstić information content (AvgIpc) is 2.57. The molecule has 0 spiro atoms. The number of nitrogens with two attached hydrogens (primary N) is 1. The zero-order valence-electron chi connectivity index (χ0n) is 15.8. The lowest BCUT2D eigenvalue weighted by molar-refractivity contribution is -0.274. The Hall–Kier alpha value is -2.74. The normalized spacial score (nSPS) is 13.0. The lowest BCUT2D eigenvalue weighted by Gasteiger charge is -2.21. The maximum atomic E-state index is 12.3. The Bertz CT molecular complexity index is 817. The van der Waals surface area contributed by atoms with Gasteiger partial charge in [0.15, 0.2) is 0 Å². The van der Waals surface area contributed by atoms with E-state index in [4.69, 9.17) is 10.5 Å². The minimum Gasteiger partial charge on any atom is -0.457 e. The molecular weight excluding hydrogens is 373 g/mol. The second-order valence-electron chi connectivity index (χ2n) is 7.13. The molecule has 0 radical (unpaired) electrons. The molecule has 5 nitrogen and oxygen atoms in total. The molecule has 1 atom stereocenters. The van der Waals surface area contributed by atoms with E-state index in [0.29, 0.717) is 17.9 Å². The minimum absolute atomic E-state index is 0.181. The smallest absolute Gasteiger partial charge is 0.457 e. The summed E-state index contributed by atoms with van der Waals surface area (Å²) in [5.41, 5.74) is 6.05. The molecule has 0 fully saturated rings. The van der Waals surface area contributed by atoms with Gasteiger partial charge in [0.2, 0.25) is 5.91 Å².